The summed E-state index contributed by atoms with van der Waals surface area (Å²) in [5, 5.41) is 0. The molecule has 0 N–H and O–H groups in total. The molecule has 0 aliphatic heterocycles. The first-order chi connectivity index (χ1) is 8.03. The second-order valence-corrected chi connectivity index (χ2v) is 6.34. The third kappa shape index (κ3) is 3.70. The molecule has 100 valence electrons. The number of hydrogen-bond donors (Lipinski definition) is 0. The standard InChI is InChI=1S/C13H14F3IO/c1-12(2,3)9-6-4-8(5-7-9)10(18)11(17)13(14,15)16/h4-7,11H,1-3H3. The van der Waals surface area contributed by atoms with Gasteiger partial charge in [0.1, 0.15) is 0 Å². The van der Waals surface area contributed by atoms with Gasteiger partial charge in [-0.1, -0.05) is 67.6 Å². The number of ketones is 1. The maximum Gasteiger partial charge on any atom is 0.407 e. The van der Waals surface area contributed by atoms with Gasteiger partial charge in [-0.2, -0.15) is 13.2 Å². The zero-order chi connectivity index (χ0) is 14.1. The zero-order valence-electron chi connectivity index (χ0n) is 10.3. The second kappa shape index (κ2) is 5.19. The Morgan fingerprint density at radius 3 is 1.89 bits per heavy atom. The number of rotatable bonds is 2. The number of carbonyl (C=O) groups excluding carboxylic acids is 1. The highest BCUT2D eigenvalue weighted by Crippen LogP contribution is 2.30. The molecule has 1 aromatic rings. The maximum atomic E-state index is 12.4. The van der Waals surface area contributed by atoms with E-state index < -0.39 is 15.9 Å². The molecule has 0 radical (unpaired) electrons. The average Bonchev–Trinajstić information content (AvgIpc) is 2.25. The Morgan fingerprint density at radius 2 is 1.56 bits per heavy atom. The number of Topliss-reactive ketones (excluding diaryl/α,β-unsaturated/α-hetero) is 1. The molecule has 0 fully saturated rings. The Labute approximate surface area is 118 Å². The fraction of sp³-hybridized carbons (Fsp3) is 0.462. The Balaban J connectivity index is 2.96. The first-order valence-corrected chi connectivity index (χ1v) is 6.63. The molecular formula is C13H14F3IO. The SMILES string of the molecule is CC(C)(C)c1ccc(C(=O)C(I)C(F)(F)F)cc1. The maximum absolute atomic E-state index is 12.4. The molecule has 0 aliphatic carbocycles. The summed E-state index contributed by atoms with van der Waals surface area (Å²) >= 11 is 1.13. The molecule has 5 heteroatoms. The minimum absolute atomic E-state index is 0.0880. The van der Waals surface area contributed by atoms with Gasteiger partial charge in [0, 0.05) is 5.56 Å². The minimum atomic E-state index is -4.50. The fourth-order valence-electron chi connectivity index (χ4n) is 1.43. The third-order valence-electron chi connectivity index (χ3n) is 2.55. The number of hydrogen-bond acceptors (Lipinski definition) is 1. The second-order valence-electron chi connectivity index (χ2n) is 5.10. The Morgan fingerprint density at radius 1 is 1.11 bits per heavy atom. The fourth-order valence-corrected chi connectivity index (χ4v) is 1.79. The van der Waals surface area contributed by atoms with Crippen molar-refractivity contribution in [2.24, 2.45) is 0 Å². The van der Waals surface area contributed by atoms with E-state index in [2.05, 4.69) is 0 Å². The highest BCUT2D eigenvalue weighted by atomic mass is 127. The van der Waals surface area contributed by atoms with Crippen molar-refractivity contribution in [1.82, 2.24) is 0 Å². The molecule has 0 spiro atoms. The van der Waals surface area contributed by atoms with Crippen LogP contribution in [-0.2, 0) is 5.41 Å². The zero-order valence-corrected chi connectivity index (χ0v) is 12.5. The van der Waals surface area contributed by atoms with Crippen molar-refractivity contribution in [3.05, 3.63) is 35.4 Å². The van der Waals surface area contributed by atoms with Gasteiger partial charge in [-0.15, -0.1) is 0 Å². The van der Waals surface area contributed by atoms with E-state index in [4.69, 9.17) is 0 Å². The van der Waals surface area contributed by atoms with Crippen LogP contribution in [0, 0.1) is 0 Å². The molecule has 1 nitrogen and oxygen atoms in total. The predicted molar refractivity (Wildman–Crippen MR) is 73.3 cm³/mol. The summed E-state index contributed by atoms with van der Waals surface area (Å²) in [6.07, 6.45) is -4.50. The van der Waals surface area contributed by atoms with Crippen LogP contribution in [0.5, 0.6) is 0 Å². The van der Waals surface area contributed by atoms with Gasteiger partial charge >= 0.3 is 6.18 Å². The van der Waals surface area contributed by atoms with E-state index in [1.54, 1.807) is 12.1 Å². The topological polar surface area (TPSA) is 17.1 Å². The van der Waals surface area contributed by atoms with Crippen molar-refractivity contribution in [3.63, 3.8) is 0 Å². The van der Waals surface area contributed by atoms with Crippen LogP contribution in [0.4, 0.5) is 13.2 Å². The minimum Gasteiger partial charge on any atom is -0.293 e. The van der Waals surface area contributed by atoms with Crippen molar-refractivity contribution < 1.29 is 18.0 Å². The van der Waals surface area contributed by atoms with Gasteiger partial charge in [-0.05, 0) is 11.0 Å². The van der Waals surface area contributed by atoms with E-state index in [1.807, 2.05) is 20.8 Å². The lowest BCUT2D eigenvalue weighted by Crippen LogP contribution is -2.31. The van der Waals surface area contributed by atoms with E-state index in [0.29, 0.717) is 0 Å². The summed E-state index contributed by atoms with van der Waals surface area (Å²) < 4.78 is 35.3. The van der Waals surface area contributed by atoms with Gasteiger partial charge in [0.15, 0.2) is 9.71 Å². The number of alkyl halides is 4. The molecule has 0 aromatic heterocycles. The molecule has 0 amide bonds. The summed E-state index contributed by atoms with van der Waals surface area (Å²) in [6.45, 7) is 6.00. The van der Waals surface area contributed by atoms with Crippen LogP contribution in [0.1, 0.15) is 36.7 Å². The summed E-state index contributed by atoms with van der Waals surface area (Å²) in [5.74, 6) is -0.899. The molecule has 1 aromatic carbocycles. The lowest BCUT2D eigenvalue weighted by Gasteiger charge is -2.19. The molecule has 1 atom stereocenters. The molecule has 0 aliphatic rings. The molecule has 1 rings (SSSR count). The largest absolute Gasteiger partial charge is 0.407 e. The van der Waals surface area contributed by atoms with Crippen LogP contribution < -0.4 is 0 Å². The smallest absolute Gasteiger partial charge is 0.293 e. The summed E-state index contributed by atoms with van der Waals surface area (Å²) in [6, 6.07) is 6.32. The van der Waals surface area contributed by atoms with Crippen LogP contribution in [0.25, 0.3) is 0 Å². The Hall–Kier alpha value is -0.590. The van der Waals surface area contributed by atoms with Crippen LogP contribution >= 0.6 is 22.6 Å². The summed E-state index contributed by atoms with van der Waals surface area (Å²) in [5.41, 5.74) is 0.991. The molecule has 0 bridgehead atoms. The molecule has 0 heterocycles. The first kappa shape index (κ1) is 15.5. The van der Waals surface area contributed by atoms with Gasteiger partial charge in [0.25, 0.3) is 0 Å². The average molecular weight is 370 g/mol. The van der Waals surface area contributed by atoms with Gasteiger partial charge in [-0.3, -0.25) is 4.79 Å². The predicted octanol–water partition coefficient (Wildman–Crippen LogP) is 4.53. The van der Waals surface area contributed by atoms with Crippen LogP contribution in [0.15, 0.2) is 24.3 Å². The molecule has 18 heavy (non-hydrogen) atoms. The van der Waals surface area contributed by atoms with E-state index in [9.17, 15) is 18.0 Å². The van der Waals surface area contributed by atoms with Crippen LogP contribution in [0.3, 0.4) is 0 Å². The molecular weight excluding hydrogens is 356 g/mol. The highest BCUT2D eigenvalue weighted by molar-refractivity contribution is 14.1. The lowest BCUT2D eigenvalue weighted by molar-refractivity contribution is -0.116. The van der Waals surface area contributed by atoms with Crippen molar-refractivity contribution in [3.8, 4) is 0 Å². The highest BCUT2D eigenvalue weighted by Gasteiger charge is 2.43. The quantitative estimate of drug-likeness (QED) is 0.425. The van der Waals surface area contributed by atoms with Crippen molar-refractivity contribution in [1.29, 1.82) is 0 Å². The Bertz CT molecular complexity index is 429. The van der Waals surface area contributed by atoms with Crippen molar-refractivity contribution in [2.75, 3.05) is 0 Å². The number of benzene rings is 1. The van der Waals surface area contributed by atoms with E-state index >= 15 is 0 Å². The van der Waals surface area contributed by atoms with Crippen molar-refractivity contribution >= 4 is 28.4 Å². The molecule has 0 saturated heterocycles. The van der Waals surface area contributed by atoms with Crippen LogP contribution in [0.2, 0.25) is 0 Å². The first-order valence-electron chi connectivity index (χ1n) is 5.39. The van der Waals surface area contributed by atoms with Gasteiger partial charge in [0.2, 0.25) is 0 Å². The number of carbonyl (C=O) groups is 1. The third-order valence-corrected chi connectivity index (χ3v) is 3.82. The van der Waals surface area contributed by atoms with Gasteiger partial charge in [0.05, 0.1) is 0 Å². The normalized spacial score (nSPS) is 14.4. The summed E-state index contributed by atoms with van der Waals surface area (Å²) in [4.78, 5) is 11.6. The van der Waals surface area contributed by atoms with E-state index in [0.717, 1.165) is 28.2 Å². The Kier molecular flexibility index (Phi) is 4.46. The molecule has 0 saturated carbocycles. The van der Waals surface area contributed by atoms with Gasteiger partial charge in [-0.25, -0.2) is 0 Å². The van der Waals surface area contributed by atoms with Crippen LogP contribution in [-0.4, -0.2) is 15.9 Å². The van der Waals surface area contributed by atoms with Crippen molar-refractivity contribution in [2.45, 2.75) is 36.3 Å². The van der Waals surface area contributed by atoms with Gasteiger partial charge < -0.3 is 0 Å². The lowest BCUT2D eigenvalue weighted by atomic mass is 9.86. The van der Waals surface area contributed by atoms with E-state index in [1.165, 1.54) is 12.1 Å². The monoisotopic (exact) mass is 370 g/mol. The molecule has 1 unspecified atom stereocenters. The van der Waals surface area contributed by atoms with E-state index in [-0.39, 0.29) is 11.0 Å². The summed E-state index contributed by atoms with van der Waals surface area (Å²) in [7, 11) is 0. The number of halogens is 4.